The van der Waals surface area contributed by atoms with Gasteiger partial charge in [-0.15, -0.1) is 0 Å². The average Bonchev–Trinajstić information content (AvgIpc) is 2.35. The highest BCUT2D eigenvalue weighted by molar-refractivity contribution is 5.72. The van der Waals surface area contributed by atoms with Gasteiger partial charge in [0, 0.05) is 19.8 Å². The maximum atomic E-state index is 10.6. The van der Waals surface area contributed by atoms with Crippen LogP contribution in [0.3, 0.4) is 0 Å². The van der Waals surface area contributed by atoms with Crippen LogP contribution < -0.4 is 5.32 Å². The molecule has 1 amide bonds. The summed E-state index contributed by atoms with van der Waals surface area (Å²) in [4.78, 5) is 10.6. The molecule has 1 saturated heterocycles. The minimum Gasteiger partial charge on any atom is -0.351 e. The molecular formula is C9H19N2O+. The van der Waals surface area contributed by atoms with Crippen LogP contribution in [0.2, 0.25) is 0 Å². The standard InChI is InChI=1S/C9H18N2O/c1-9(12)10-5-8-11(2)6-3-4-7-11/h3-8H2,1-2H3/p+1. The van der Waals surface area contributed by atoms with Crippen molar-refractivity contribution < 1.29 is 9.28 Å². The van der Waals surface area contributed by atoms with E-state index in [0.29, 0.717) is 0 Å². The molecule has 0 aliphatic carbocycles. The molecule has 0 radical (unpaired) electrons. The number of rotatable bonds is 3. The summed E-state index contributed by atoms with van der Waals surface area (Å²) in [6.07, 6.45) is 2.69. The molecule has 1 rings (SSSR count). The van der Waals surface area contributed by atoms with Gasteiger partial charge in [0.25, 0.3) is 0 Å². The van der Waals surface area contributed by atoms with Crippen molar-refractivity contribution in [2.45, 2.75) is 19.8 Å². The van der Waals surface area contributed by atoms with Gasteiger partial charge in [-0.05, 0) is 0 Å². The topological polar surface area (TPSA) is 29.1 Å². The lowest BCUT2D eigenvalue weighted by molar-refractivity contribution is -0.896. The van der Waals surface area contributed by atoms with Gasteiger partial charge < -0.3 is 9.80 Å². The van der Waals surface area contributed by atoms with Gasteiger partial charge >= 0.3 is 0 Å². The van der Waals surface area contributed by atoms with E-state index in [2.05, 4.69) is 12.4 Å². The molecule has 3 heteroatoms. The zero-order chi connectivity index (χ0) is 9.03. The predicted molar refractivity (Wildman–Crippen MR) is 48.7 cm³/mol. The van der Waals surface area contributed by atoms with Crippen LogP contribution in [0, 0.1) is 0 Å². The van der Waals surface area contributed by atoms with E-state index in [-0.39, 0.29) is 5.91 Å². The third-order valence-corrected chi connectivity index (χ3v) is 2.67. The Morgan fingerprint density at radius 1 is 1.42 bits per heavy atom. The SMILES string of the molecule is CC(=O)NCC[N+]1(C)CCCC1. The molecule has 0 aromatic rings. The maximum Gasteiger partial charge on any atom is 0.217 e. The Labute approximate surface area is 74.3 Å². The Morgan fingerprint density at radius 3 is 2.50 bits per heavy atom. The van der Waals surface area contributed by atoms with Gasteiger partial charge in [0.2, 0.25) is 5.91 Å². The van der Waals surface area contributed by atoms with E-state index in [9.17, 15) is 4.79 Å². The van der Waals surface area contributed by atoms with E-state index in [1.54, 1.807) is 6.92 Å². The van der Waals surface area contributed by atoms with Gasteiger partial charge in [0.05, 0.1) is 33.2 Å². The molecule has 0 unspecified atom stereocenters. The molecule has 1 aliphatic rings. The second-order valence-electron chi connectivity index (χ2n) is 3.98. The summed E-state index contributed by atoms with van der Waals surface area (Å²) < 4.78 is 1.14. The van der Waals surface area contributed by atoms with E-state index in [4.69, 9.17) is 0 Å². The number of hydrogen-bond acceptors (Lipinski definition) is 1. The van der Waals surface area contributed by atoms with Crippen LogP contribution in [-0.2, 0) is 4.79 Å². The van der Waals surface area contributed by atoms with E-state index in [1.807, 2.05) is 0 Å². The summed E-state index contributed by atoms with van der Waals surface area (Å²) in [5.74, 6) is 0.0841. The van der Waals surface area contributed by atoms with Crippen LogP contribution in [0.1, 0.15) is 19.8 Å². The Hall–Kier alpha value is -0.570. The average molecular weight is 171 g/mol. The molecule has 0 atom stereocenters. The lowest BCUT2D eigenvalue weighted by Crippen LogP contribution is -2.46. The first kappa shape index (κ1) is 9.52. The number of quaternary nitrogens is 1. The number of nitrogens with one attached hydrogen (secondary N) is 1. The lowest BCUT2D eigenvalue weighted by Gasteiger charge is -2.28. The predicted octanol–water partition coefficient (Wildman–Crippen LogP) is 0.363. The fourth-order valence-electron chi connectivity index (χ4n) is 1.82. The van der Waals surface area contributed by atoms with Gasteiger partial charge in [-0.2, -0.15) is 0 Å². The summed E-state index contributed by atoms with van der Waals surface area (Å²) in [5, 5.41) is 2.84. The molecule has 12 heavy (non-hydrogen) atoms. The molecule has 70 valence electrons. The van der Waals surface area contributed by atoms with Crippen LogP contribution in [0.15, 0.2) is 0 Å². The number of nitrogens with zero attached hydrogens (tertiary/aromatic N) is 1. The van der Waals surface area contributed by atoms with Gasteiger partial charge in [-0.25, -0.2) is 0 Å². The number of likely N-dealkylation sites (tertiary alicyclic amines) is 1. The van der Waals surface area contributed by atoms with Crippen LogP contribution in [0.5, 0.6) is 0 Å². The zero-order valence-electron chi connectivity index (χ0n) is 8.10. The second-order valence-corrected chi connectivity index (χ2v) is 3.98. The third kappa shape index (κ3) is 2.81. The smallest absolute Gasteiger partial charge is 0.217 e. The fourth-order valence-corrected chi connectivity index (χ4v) is 1.82. The first-order chi connectivity index (χ1) is 5.62. The van der Waals surface area contributed by atoms with Crippen molar-refractivity contribution in [3.05, 3.63) is 0 Å². The minimum absolute atomic E-state index is 0.0841. The van der Waals surface area contributed by atoms with Crippen molar-refractivity contribution in [2.75, 3.05) is 33.2 Å². The number of carbonyl (C=O) groups excluding carboxylic acids is 1. The first-order valence-corrected chi connectivity index (χ1v) is 4.70. The highest BCUT2D eigenvalue weighted by atomic mass is 16.1. The third-order valence-electron chi connectivity index (χ3n) is 2.67. The van der Waals surface area contributed by atoms with Gasteiger partial charge in [-0.3, -0.25) is 4.79 Å². The van der Waals surface area contributed by atoms with Crippen molar-refractivity contribution in [3.63, 3.8) is 0 Å². The van der Waals surface area contributed by atoms with E-state index < -0.39 is 0 Å². The number of amides is 1. The summed E-state index contributed by atoms with van der Waals surface area (Å²) in [7, 11) is 2.27. The minimum atomic E-state index is 0.0841. The van der Waals surface area contributed by atoms with Crippen molar-refractivity contribution in [1.29, 1.82) is 0 Å². The molecular weight excluding hydrogens is 152 g/mol. The highest BCUT2D eigenvalue weighted by Gasteiger charge is 2.25. The summed E-state index contributed by atoms with van der Waals surface area (Å²) in [5.41, 5.74) is 0. The van der Waals surface area contributed by atoms with Crippen LogP contribution in [0.4, 0.5) is 0 Å². The Balaban J connectivity index is 2.17. The molecule has 0 spiro atoms. The molecule has 0 saturated carbocycles. The largest absolute Gasteiger partial charge is 0.351 e. The lowest BCUT2D eigenvalue weighted by atomic mass is 10.4. The Bertz CT molecular complexity index is 162. The molecule has 1 heterocycles. The van der Waals surface area contributed by atoms with Crippen LogP contribution in [-0.4, -0.2) is 43.6 Å². The maximum absolute atomic E-state index is 10.6. The van der Waals surface area contributed by atoms with Crippen LogP contribution >= 0.6 is 0 Å². The Kier molecular flexibility index (Phi) is 3.09. The molecule has 3 nitrogen and oxygen atoms in total. The monoisotopic (exact) mass is 171 g/mol. The van der Waals surface area contributed by atoms with Gasteiger partial charge in [0.15, 0.2) is 0 Å². The van der Waals surface area contributed by atoms with E-state index in [0.717, 1.165) is 17.6 Å². The quantitative estimate of drug-likeness (QED) is 0.610. The van der Waals surface area contributed by atoms with Crippen molar-refractivity contribution >= 4 is 5.91 Å². The number of carbonyl (C=O) groups is 1. The molecule has 1 N–H and O–H groups in total. The summed E-state index contributed by atoms with van der Waals surface area (Å²) in [6, 6.07) is 0. The Morgan fingerprint density at radius 2 is 2.00 bits per heavy atom. The molecule has 1 aliphatic heterocycles. The molecule has 0 aromatic heterocycles. The fraction of sp³-hybridized carbons (Fsp3) is 0.889. The van der Waals surface area contributed by atoms with Crippen molar-refractivity contribution in [1.82, 2.24) is 5.32 Å². The first-order valence-electron chi connectivity index (χ1n) is 4.70. The molecule has 0 aromatic carbocycles. The highest BCUT2D eigenvalue weighted by Crippen LogP contribution is 2.14. The normalized spacial score (nSPS) is 20.8. The molecule has 1 fully saturated rings. The van der Waals surface area contributed by atoms with E-state index in [1.165, 1.54) is 25.9 Å². The van der Waals surface area contributed by atoms with Gasteiger partial charge in [-0.1, -0.05) is 0 Å². The van der Waals surface area contributed by atoms with Crippen LogP contribution in [0.25, 0.3) is 0 Å². The summed E-state index contributed by atoms with van der Waals surface area (Å²) >= 11 is 0. The summed E-state index contributed by atoms with van der Waals surface area (Å²) in [6.45, 7) is 6.04. The van der Waals surface area contributed by atoms with Gasteiger partial charge in [0.1, 0.15) is 0 Å². The zero-order valence-corrected chi connectivity index (χ0v) is 8.10. The number of hydrogen-bond donors (Lipinski definition) is 1. The van der Waals surface area contributed by atoms with Crippen molar-refractivity contribution in [2.24, 2.45) is 0 Å². The molecule has 0 bridgehead atoms. The second kappa shape index (κ2) is 3.90. The van der Waals surface area contributed by atoms with E-state index >= 15 is 0 Å². The number of likely N-dealkylation sites (N-methyl/N-ethyl adjacent to an activating group) is 1. The van der Waals surface area contributed by atoms with Crippen molar-refractivity contribution in [3.8, 4) is 0 Å².